The highest BCUT2D eigenvalue weighted by atomic mass is 16.2. The van der Waals surface area contributed by atoms with Crippen molar-refractivity contribution >= 4 is 23.2 Å². The van der Waals surface area contributed by atoms with E-state index >= 15 is 0 Å². The summed E-state index contributed by atoms with van der Waals surface area (Å²) in [6.45, 7) is 1.47. The fourth-order valence-corrected chi connectivity index (χ4v) is 3.37. The predicted octanol–water partition coefficient (Wildman–Crippen LogP) is 4.03. The van der Waals surface area contributed by atoms with Crippen LogP contribution in [0.5, 0.6) is 0 Å². The molecule has 4 rings (SSSR count). The van der Waals surface area contributed by atoms with E-state index in [0.29, 0.717) is 17.7 Å². The Hall–Kier alpha value is -3.80. The number of nitrogens with zero attached hydrogens (tertiary/aromatic N) is 3. The molecule has 0 saturated carbocycles. The molecule has 0 bridgehead atoms. The van der Waals surface area contributed by atoms with Crippen molar-refractivity contribution in [2.24, 2.45) is 5.10 Å². The van der Waals surface area contributed by atoms with Crippen LogP contribution in [0.25, 0.3) is 0 Å². The van der Waals surface area contributed by atoms with E-state index in [-0.39, 0.29) is 17.9 Å². The Morgan fingerprint density at radius 2 is 1.76 bits per heavy atom. The van der Waals surface area contributed by atoms with E-state index in [1.165, 1.54) is 6.92 Å². The number of hydrogen-bond acceptors (Lipinski definition) is 4. The number of nitrogens with one attached hydrogen (secondary N) is 1. The molecule has 0 saturated heterocycles. The first kappa shape index (κ1) is 18.6. The zero-order valence-electron chi connectivity index (χ0n) is 15.9. The summed E-state index contributed by atoms with van der Waals surface area (Å²) in [5.41, 5.74) is 3.97. The molecule has 1 aliphatic heterocycles. The van der Waals surface area contributed by atoms with Crippen LogP contribution in [0.15, 0.2) is 84.2 Å². The maximum atomic E-state index is 13.2. The normalized spacial score (nSPS) is 15.7. The van der Waals surface area contributed by atoms with Crippen molar-refractivity contribution in [3.8, 4) is 0 Å². The van der Waals surface area contributed by atoms with E-state index in [1.807, 2.05) is 54.6 Å². The first-order valence-electron chi connectivity index (χ1n) is 9.36. The van der Waals surface area contributed by atoms with E-state index in [9.17, 15) is 9.59 Å². The van der Waals surface area contributed by atoms with Gasteiger partial charge in [0.15, 0.2) is 0 Å². The Labute approximate surface area is 168 Å². The van der Waals surface area contributed by atoms with Gasteiger partial charge >= 0.3 is 0 Å². The monoisotopic (exact) mass is 384 g/mol. The predicted molar refractivity (Wildman–Crippen MR) is 111 cm³/mol. The third-order valence-electron chi connectivity index (χ3n) is 4.75. The molecule has 0 spiro atoms. The van der Waals surface area contributed by atoms with Crippen LogP contribution in [0.3, 0.4) is 0 Å². The molecule has 1 aliphatic rings. The highest BCUT2D eigenvalue weighted by Crippen LogP contribution is 2.34. The van der Waals surface area contributed by atoms with E-state index < -0.39 is 0 Å². The summed E-state index contributed by atoms with van der Waals surface area (Å²) in [6.07, 6.45) is 4.06. The molecule has 2 aromatic carbocycles. The number of carbonyl (C=O) groups excluding carboxylic acids is 2. The third-order valence-corrected chi connectivity index (χ3v) is 4.75. The molecule has 144 valence electrons. The third kappa shape index (κ3) is 4.06. The fourth-order valence-electron chi connectivity index (χ4n) is 3.37. The summed E-state index contributed by atoms with van der Waals surface area (Å²) in [4.78, 5) is 28.6. The summed E-state index contributed by atoms with van der Waals surface area (Å²) >= 11 is 0. The molecule has 2 heterocycles. The topological polar surface area (TPSA) is 74.7 Å². The number of hydrogen-bond donors (Lipinski definition) is 1. The quantitative estimate of drug-likeness (QED) is 0.738. The van der Waals surface area contributed by atoms with Crippen molar-refractivity contribution < 1.29 is 9.59 Å². The maximum absolute atomic E-state index is 13.2. The number of carbonyl (C=O) groups is 2. The van der Waals surface area contributed by atoms with Gasteiger partial charge in [-0.2, -0.15) is 5.10 Å². The number of amides is 2. The second-order valence-electron chi connectivity index (χ2n) is 6.83. The Kier molecular flexibility index (Phi) is 5.16. The van der Waals surface area contributed by atoms with Gasteiger partial charge in [-0.3, -0.25) is 14.6 Å². The van der Waals surface area contributed by atoms with Crippen LogP contribution in [-0.2, 0) is 4.79 Å². The molecule has 29 heavy (non-hydrogen) atoms. The fraction of sp³-hybridized carbons (Fsp3) is 0.130. The smallest absolute Gasteiger partial charge is 0.274 e. The van der Waals surface area contributed by atoms with Crippen molar-refractivity contribution in [1.82, 2.24) is 9.99 Å². The summed E-state index contributed by atoms with van der Waals surface area (Å²) < 4.78 is 0. The van der Waals surface area contributed by atoms with Gasteiger partial charge in [-0.25, -0.2) is 5.01 Å². The molecule has 0 radical (unpaired) electrons. The largest absolute Gasteiger partial charge is 0.326 e. The molecule has 1 unspecified atom stereocenters. The molecular formula is C23H20N4O2. The Bertz CT molecular complexity index is 1050. The number of rotatable bonds is 4. The van der Waals surface area contributed by atoms with Crippen LogP contribution >= 0.6 is 0 Å². The molecule has 6 heteroatoms. The molecule has 0 fully saturated rings. The van der Waals surface area contributed by atoms with Crippen molar-refractivity contribution in [3.63, 3.8) is 0 Å². The molecular weight excluding hydrogens is 364 g/mol. The lowest BCUT2D eigenvalue weighted by atomic mass is 9.98. The minimum absolute atomic E-state index is 0.123. The minimum atomic E-state index is -0.232. The van der Waals surface area contributed by atoms with E-state index in [1.54, 1.807) is 29.5 Å². The van der Waals surface area contributed by atoms with Gasteiger partial charge in [0, 0.05) is 42.6 Å². The first-order chi connectivity index (χ1) is 14.1. The van der Waals surface area contributed by atoms with Crippen molar-refractivity contribution in [2.45, 2.75) is 19.4 Å². The summed E-state index contributed by atoms with van der Waals surface area (Å²) in [7, 11) is 0. The standard InChI is InChI=1S/C23H20N4O2/c1-16(28)25-20-11-9-17(10-12-20)22-14-21(19-8-5-13-24-15-19)26-27(22)23(29)18-6-3-2-4-7-18/h2-13,15,22H,14H2,1H3,(H,25,28). The zero-order chi connectivity index (χ0) is 20.2. The Morgan fingerprint density at radius 1 is 1.00 bits per heavy atom. The van der Waals surface area contributed by atoms with Gasteiger partial charge < -0.3 is 5.32 Å². The summed E-state index contributed by atoms with van der Waals surface area (Å²) in [6, 6.07) is 20.2. The highest BCUT2D eigenvalue weighted by Gasteiger charge is 2.33. The van der Waals surface area contributed by atoms with Crippen molar-refractivity contribution in [3.05, 3.63) is 95.8 Å². The lowest BCUT2D eigenvalue weighted by molar-refractivity contribution is -0.114. The first-order valence-corrected chi connectivity index (χ1v) is 9.36. The number of pyridine rings is 1. The van der Waals surface area contributed by atoms with Crippen molar-refractivity contribution in [2.75, 3.05) is 5.32 Å². The molecule has 1 aromatic heterocycles. The van der Waals surface area contributed by atoms with Crippen LogP contribution in [0.2, 0.25) is 0 Å². The van der Waals surface area contributed by atoms with E-state index in [0.717, 1.165) is 16.8 Å². The second kappa shape index (κ2) is 8.06. The van der Waals surface area contributed by atoms with Crippen LogP contribution in [0, 0.1) is 0 Å². The minimum Gasteiger partial charge on any atom is -0.326 e. The van der Waals surface area contributed by atoms with Gasteiger partial charge in [-0.05, 0) is 35.9 Å². The van der Waals surface area contributed by atoms with Crippen molar-refractivity contribution in [1.29, 1.82) is 0 Å². The lowest BCUT2D eigenvalue weighted by Crippen LogP contribution is -2.27. The lowest BCUT2D eigenvalue weighted by Gasteiger charge is -2.22. The number of aromatic nitrogens is 1. The number of benzene rings is 2. The van der Waals surface area contributed by atoms with Gasteiger partial charge in [-0.1, -0.05) is 36.4 Å². The average molecular weight is 384 g/mol. The molecule has 2 amide bonds. The van der Waals surface area contributed by atoms with E-state index in [4.69, 9.17) is 0 Å². The van der Waals surface area contributed by atoms with Crippen LogP contribution in [-0.4, -0.2) is 27.5 Å². The van der Waals surface area contributed by atoms with Crippen LogP contribution in [0.1, 0.15) is 40.9 Å². The molecule has 3 aromatic rings. The molecule has 1 atom stereocenters. The van der Waals surface area contributed by atoms with Gasteiger partial charge in [-0.15, -0.1) is 0 Å². The SMILES string of the molecule is CC(=O)Nc1ccc(C2CC(c3cccnc3)=NN2C(=O)c2ccccc2)cc1. The molecule has 1 N–H and O–H groups in total. The zero-order valence-corrected chi connectivity index (χ0v) is 15.9. The summed E-state index contributed by atoms with van der Waals surface area (Å²) in [5, 5.41) is 8.96. The second-order valence-corrected chi connectivity index (χ2v) is 6.83. The van der Waals surface area contributed by atoms with Gasteiger partial charge in [0.25, 0.3) is 5.91 Å². The maximum Gasteiger partial charge on any atom is 0.274 e. The highest BCUT2D eigenvalue weighted by molar-refractivity contribution is 6.04. The number of hydrazone groups is 1. The number of anilines is 1. The Morgan fingerprint density at radius 3 is 2.41 bits per heavy atom. The molecule has 0 aliphatic carbocycles. The summed E-state index contributed by atoms with van der Waals surface area (Å²) in [5.74, 6) is -0.276. The van der Waals surface area contributed by atoms with Gasteiger partial charge in [0.2, 0.25) is 5.91 Å². The molecule has 6 nitrogen and oxygen atoms in total. The van der Waals surface area contributed by atoms with Crippen LogP contribution < -0.4 is 5.32 Å². The van der Waals surface area contributed by atoms with Crippen LogP contribution in [0.4, 0.5) is 5.69 Å². The van der Waals surface area contributed by atoms with Gasteiger partial charge in [0.1, 0.15) is 0 Å². The Balaban J connectivity index is 1.67. The average Bonchev–Trinajstić information content (AvgIpc) is 3.20. The van der Waals surface area contributed by atoms with Gasteiger partial charge in [0.05, 0.1) is 11.8 Å². The van der Waals surface area contributed by atoms with E-state index in [2.05, 4.69) is 15.4 Å².